The maximum atomic E-state index is 12.6. The molecular weight excluding hydrogens is 404 g/mol. The molecule has 0 saturated carbocycles. The van der Waals surface area contributed by atoms with E-state index in [1.807, 2.05) is 48.5 Å². The molecule has 0 spiro atoms. The smallest absolute Gasteiger partial charge is 0.233 e. The van der Waals surface area contributed by atoms with E-state index in [9.17, 15) is 13.2 Å². The van der Waals surface area contributed by atoms with Gasteiger partial charge in [0.1, 0.15) is 0 Å². The number of piperazine rings is 1. The predicted molar refractivity (Wildman–Crippen MR) is 109 cm³/mol. The first-order valence-electron chi connectivity index (χ1n) is 8.62. The topological polar surface area (TPSA) is 57.7 Å². The molecule has 0 radical (unpaired) electrons. The molecule has 27 heavy (non-hydrogen) atoms. The Balaban J connectivity index is 1.50. The van der Waals surface area contributed by atoms with Gasteiger partial charge in [0.25, 0.3) is 0 Å². The highest BCUT2D eigenvalue weighted by molar-refractivity contribution is 8.00. The summed E-state index contributed by atoms with van der Waals surface area (Å²) >= 11 is 7.51. The second-order valence-electron chi connectivity index (χ2n) is 6.24. The summed E-state index contributed by atoms with van der Waals surface area (Å²) in [7, 11) is -3.37. The van der Waals surface area contributed by atoms with Crippen LogP contribution in [0.4, 0.5) is 0 Å². The summed E-state index contributed by atoms with van der Waals surface area (Å²) in [5.74, 6) is 0.282. The second-order valence-corrected chi connectivity index (χ2v) is 9.63. The molecule has 8 heteroatoms. The Morgan fingerprint density at radius 1 is 0.963 bits per heavy atom. The van der Waals surface area contributed by atoms with E-state index in [1.54, 1.807) is 11.0 Å². The van der Waals surface area contributed by atoms with Crippen molar-refractivity contribution in [1.29, 1.82) is 0 Å². The number of amides is 1. The Kier molecular flexibility index (Phi) is 6.81. The quantitative estimate of drug-likeness (QED) is 0.668. The number of carbonyl (C=O) groups is 1. The molecule has 0 aromatic heterocycles. The third-order valence-electron chi connectivity index (χ3n) is 4.36. The maximum Gasteiger partial charge on any atom is 0.233 e. The van der Waals surface area contributed by atoms with Gasteiger partial charge in [-0.25, -0.2) is 8.42 Å². The summed E-state index contributed by atoms with van der Waals surface area (Å²) in [5, 5.41) is 0.632. The minimum absolute atomic E-state index is 0.0000251. The summed E-state index contributed by atoms with van der Waals surface area (Å²) in [6, 6.07) is 16.6. The molecule has 0 unspecified atom stereocenters. The van der Waals surface area contributed by atoms with Crippen LogP contribution in [0.5, 0.6) is 0 Å². The van der Waals surface area contributed by atoms with E-state index in [2.05, 4.69) is 0 Å². The molecule has 2 aromatic carbocycles. The SMILES string of the molecule is O=C(CSc1ccccc1Cl)N1CCN(S(=O)(=O)Cc2ccccc2)CC1. The van der Waals surface area contributed by atoms with Crippen LogP contribution in [0.25, 0.3) is 0 Å². The summed E-state index contributed by atoms with van der Waals surface area (Å²) in [5.41, 5.74) is 0.771. The van der Waals surface area contributed by atoms with Gasteiger partial charge in [0.2, 0.25) is 15.9 Å². The molecule has 0 aliphatic carbocycles. The van der Waals surface area contributed by atoms with Gasteiger partial charge in [-0.3, -0.25) is 4.79 Å². The first-order valence-corrected chi connectivity index (χ1v) is 11.6. The highest BCUT2D eigenvalue weighted by Crippen LogP contribution is 2.26. The monoisotopic (exact) mass is 424 g/mol. The van der Waals surface area contributed by atoms with E-state index < -0.39 is 10.0 Å². The first kappa shape index (κ1) is 20.2. The second kappa shape index (κ2) is 9.10. The number of carbonyl (C=O) groups excluding carboxylic acids is 1. The fourth-order valence-corrected chi connectivity index (χ4v) is 5.54. The fourth-order valence-electron chi connectivity index (χ4n) is 2.88. The van der Waals surface area contributed by atoms with Crippen molar-refractivity contribution in [2.24, 2.45) is 0 Å². The molecule has 144 valence electrons. The Morgan fingerprint density at radius 2 is 1.59 bits per heavy atom. The molecule has 5 nitrogen and oxygen atoms in total. The van der Waals surface area contributed by atoms with Gasteiger partial charge in [0.05, 0.1) is 16.5 Å². The van der Waals surface area contributed by atoms with Crippen LogP contribution in [0, 0.1) is 0 Å². The number of thioether (sulfide) groups is 1. The van der Waals surface area contributed by atoms with Gasteiger partial charge in [-0.15, -0.1) is 11.8 Å². The van der Waals surface area contributed by atoms with Crippen LogP contribution in [-0.4, -0.2) is 55.5 Å². The van der Waals surface area contributed by atoms with Crippen LogP contribution in [0.1, 0.15) is 5.56 Å². The van der Waals surface area contributed by atoms with Gasteiger partial charge in [0.15, 0.2) is 0 Å². The molecule has 1 saturated heterocycles. The third-order valence-corrected chi connectivity index (χ3v) is 7.71. The number of halogens is 1. The molecule has 3 rings (SSSR count). The minimum atomic E-state index is -3.37. The zero-order valence-corrected chi connectivity index (χ0v) is 17.1. The van der Waals surface area contributed by atoms with E-state index in [4.69, 9.17) is 11.6 Å². The lowest BCUT2D eigenvalue weighted by molar-refractivity contribution is -0.129. The number of benzene rings is 2. The Hall–Kier alpha value is -1.54. The van der Waals surface area contributed by atoms with E-state index in [1.165, 1.54) is 16.1 Å². The molecule has 2 aromatic rings. The minimum Gasteiger partial charge on any atom is -0.339 e. The lowest BCUT2D eigenvalue weighted by Crippen LogP contribution is -2.51. The Labute approximate surface area is 169 Å². The van der Waals surface area contributed by atoms with Crippen molar-refractivity contribution in [2.45, 2.75) is 10.6 Å². The number of sulfonamides is 1. The number of hydrogen-bond acceptors (Lipinski definition) is 4. The first-order chi connectivity index (χ1) is 13.0. The predicted octanol–water partition coefficient (Wildman–Crippen LogP) is 3.11. The molecule has 0 atom stereocenters. The molecule has 1 heterocycles. The van der Waals surface area contributed by atoms with E-state index in [-0.39, 0.29) is 11.7 Å². The van der Waals surface area contributed by atoms with Crippen LogP contribution in [0.15, 0.2) is 59.5 Å². The van der Waals surface area contributed by atoms with Gasteiger partial charge in [-0.2, -0.15) is 4.31 Å². The van der Waals surface area contributed by atoms with Crippen molar-refractivity contribution >= 4 is 39.3 Å². The lowest BCUT2D eigenvalue weighted by Gasteiger charge is -2.34. The molecule has 1 amide bonds. The molecular formula is C19H21ClN2O3S2. The van der Waals surface area contributed by atoms with E-state index in [0.29, 0.717) is 37.0 Å². The van der Waals surface area contributed by atoms with E-state index >= 15 is 0 Å². The maximum absolute atomic E-state index is 12.6. The van der Waals surface area contributed by atoms with Crippen molar-refractivity contribution in [3.8, 4) is 0 Å². The average molecular weight is 425 g/mol. The summed E-state index contributed by atoms with van der Waals surface area (Å²) in [4.78, 5) is 15.0. The summed E-state index contributed by atoms with van der Waals surface area (Å²) < 4.78 is 26.6. The lowest BCUT2D eigenvalue weighted by atomic mass is 10.2. The zero-order valence-electron chi connectivity index (χ0n) is 14.8. The molecule has 1 fully saturated rings. The molecule has 0 bridgehead atoms. The molecule has 1 aliphatic heterocycles. The van der Waals surface area contributed by atoms with Crippen LogP contribution in [0.3, 0.4) is 0 Å². The van der Waals surface area contributed by atoms with Gasteiger partial charge in [0, 0.05) is 31.1 Å². The number of hydrogen-bond donors (Lipinski definition) is 0. The summed E-state index contributed by atoms with van der Waals surface area (Å²) in [6.45, 7) is 1.49. The van der Waals surface area contributed by atoms with Crippen molar-refractivity contribution < 1.29 is 13.2 Å². The van der Waals surface area contributed by atoms with Crippen LogP contribution in [-0.2, 0) is 20.6 Å². The highest BCUT2D eigenvalue weighted by Gasteiger charge is 2.28. The van der Waals surface area contributed by atoms with E-state index in [0.717, 1.165) is 10.5 Å². The van der Waals surface area contributed by atoms with Crippen LogP contribution in [0.2, 0.25) is 5.02 Å². The highest BCUT2D eigenvalue weighted by atomic mass is 35.5. The van der Waals surface area contributed by atoms with Gasteiger partial charge in [-0.1, -0.05) is 54.1 Å². The van der Waals surface area contributed by atoms with Crippen molar-refractivity contribution in [3.63, 3.8) is 0 Å². The summed E-state index contributed by atoms with van der Waals surface area (Å²) in [6.07, 6.45) is 0. The Bertz CT molecular complexity index is 883. The fraction of sp³-hybridized carbons (Fsp3) is 0.316. The normalized spacial score (nSPS) is 15.7. The largest absolute Gasteiger partial charge is 0.339 e. The van der Waals surface area contributed by atoms with Crippen LogP contribution >= 0.6 is 23.4 Å². The van der Waals surface area contributed by atoms with Crippen molar-refractivity contribution in [2.75, 3.05) is 31.9 Å². The van der Waals surface area contributed by atoms with Crippen molar-refractivity contribution in [1.82, 2.24) is 9.21 Å². The standard InChI is InChI=1S/C19H21ClN2O3S2/c20-17-8-4-5-9-18(17)26-14-19(23)21-10-12-22(13-11-21)27(24,25)15-16-6-2-1-3-7-16/h1-9H,10-15H2. The molecule has 1 aliphatic rings. The zero-order chi connectivity index (χ0) is 19.3. The Morgan fingerprint density at radius 3 is 2.26 bits per heavy atom. The molecule has 0 N–H and O–H groups in total. The van der Waals surface area contributed by atoms with Gasteiger partial charge < -0.3 is 4.90 Å². The van der Waals surface area contributed by atoms with Gasteiger partial charge in [-0.05, 0) is 17.7 Å². The third kappa shape index (κ3) is 5.48. The number of rotatable bonds is 6. The van der Waals surface area contributed by atoms with Crippen molar-refractivity contribution in [3.05, 3.63) is 65.2 Å². The number of nitrogens with zero attached hydrogens (tertiary/aromatic N) is 2. The average Bonchev–Trinajstić information content (AvgIpc) is 2.68. The van der Waals surface area contributed by atoms with Gasteiger partial charge >= 0.3 is 0 Å². The van der Waals surface area contributed by atoms with Crippen LogP contribution < -0.4 is 0 Å².